The lowest BCUT2D eigenvalue weighted by Crippen LogP contribution is -2.29. The summed E-state index contributed by atoms with van der Waals surface area (Å²) in [6.07, 6.45) is -0.219. The zero-order valence-corrected chi connectivity index (χ0v) is 19.0. The Labute approximate surface area is 186 Å². The number of pyridine rings is 1. The van der Waals surface area contributed by atoms with Crippen molar-refractivity contribution < 1.29 is 23.1 Å². The smallest absolute Gasteiger partial charge is 0.309 e. The van der Waals surface area contributed by atoms with Gasteiger partial charge in [0, 0.05) is 24.2 Å². The van der Waals surface area contributed by atoms with Crippen molar-refractivity contribution in [2.45, 2.75) is 38.1 Å². The average Bonchev–Trinajstić information content (AvgIpc) is 3.29. The summed E-state index contributed by atoms with van der Waals surface area (Å²) in [4.78, 5) is 16.1. The second kappa shape index (κ2) is 8.51. The van der Waals surface area contributed by atoms with Gasteiger partial charge < -0.3 is 9.84 Å². The van der Waals surface area contributed by atoms with Crippen molar-refractivity contribution in [3.8, 4) is 5.75 Å². The van der Waals surface area contributed by atoms with Gasteiger partial charge in [-0.15, -0.1) is 0 Å². The number of hydrogen-bond acceptors (Lipinski definition) is 6. The van der Waals surface area contributed by atoms with Gasteiger partial charge in [-0.2, -0.15) is 9.40 Å². The van der Waals surface area contributed by atoms with E-state index in [0.29, 0.717) is 35.6 Å². The number of carboxylic acid groups (broad SMARTS) is 1. The molecule has 0 saturated carbocycles. The Morgan fingerprint density at radius 1 is 1.19 bits per heavy atom. The van der Waals surface area contributed by atoms with Gasteiger partial charge in [-0.3, -0.25) is 4.79 Å². The quantitative estimate of drug-likeness (QED) is 0.579. The molecule has 0 aliphatic carbocycles. The van der Waals surface area contributed by atoms with Gasteiger partial charge in [0.1, 0.15) is 5.75 Å². The fourth-order valence-corrected chi connectivity index (χ4v) is 5.68. The summed E-state index contributed by atoms with van der Waals surface area (Å²) in [5, 5.41) is 14.5. The first-order valence-electron chi connectivity index (χ1n) is 10.5. The predicted molar refractivity (Wildman–Crippen MR) is 118 cm³/mol. The van der Waals surface area contributed by atoms with Crippen molar-refractivity contribution in [1.82, 2.24) is 19.1 Å². The van der Waals surface area contributed by atoms with Gasteiger partial charge in [-0.05, 0) is 56.2 Å². The fourth-order valence-electron chi connectivity index (χ4n) is 4.12. The maximum absolute atomic E-state index is 13.3. The summed E-state index contributed by atoms with van der Waals surface area (Å²) < 4.78 is 35.1. The molecule has 1 aliphatic rings. The lowest BCUT2D eigenvalue weighted by atomic mass is 10.1. The van der Waals surface area contributed by atoms with E-state index in [9.17, 15) is 18.3 Å². The lowest BCUT2D eigenvalue weighted by Gasteiger charge is -2.17. The zero-order chi connectivity index (χ0) is 23.0. The molecular formula is C22H26N4O5S. The van der Waals surface area contributed by atoms with Crippen LogP contribution in [0, 0.1) is 12.8 Å². The number of benzene rings is 1. The summed E-state index contributed by atoms with van der Waals surface area (Å²) >= 11 is 0. The van der Waals surface area contributed by atoms with Crippen LogP contribution in [0.1, 0.15) is 31.3 Å². The number of hydrogen-bond donors (Lipinski definition) is 1. The van der Waals surface area contributed by atoms with Gasteiger partial charge in [-0.1, -0.05) is 6.92 Å². The molecule has 170 valence electrons. The largest absolute Gasteiger partial charge is 0.494 e. The highest BCUT2D eigenvalue weighted by Crippen LogP contribution is 2.34. The van der Waals surface area contributed by atoms with E-state index in [-0.39, 0.29) is 29.8 Å². The molecule has 10 heteroatoms. The van der Waals surface area contributed by atoms with Crippen molar-refractivity contribution in [3.05, 3.63) is 47.8 Å². The van der Waals surface area contributed by atoms with Crippen LogP contribution in [-0.4, -0.2) is 58.3 Å². The molecule has 2 atom stereocenters. The molecule has 0 bridgehead atoms. The van der Waals surface area contributed by atoms with Crippen LogP contribution in [0.25, 0.3) is 11.0 Å². The van der Waals surface area contributed by atoms with Gasteiger partial charge in [-0.25, -0.2) is 18.1 Å². The minimum Gasteiger partial charge on any atom is -0.494 e. The Bertz CT molecular complexity index is 1250. The van der Waals surface area contributed by atoms with Crippen LogP contribution in [0.5, 0.6) is 5.75 Å². The maximum Gasteiger partial charge on any atom is 0.309 e. The molecule has 3 heterocycles. The molecule has 1 saturated heterocycles. The molecule has 4 rings (SSSR count). The number of aryl methyl sites for hydroxylation is 1. The molecular weight excluding hydrogens is 432 g/mol. The maximum atomic E-state index is 13.3. The van der Waals surface area contributed by atoms with E-state index in [1.54, 1.807) is 28.9 Å². The molecule has 32 heavy (non-hydrogen) atoms. The first-order chi connectivity index (χ1) is 15.2. The minimum atomic E-state index is -3.70. The molecule has 2 aromatic heterocycles. The number of carboxylic acids is 1. The Kier molecular flexibility index (Phi) is 5.91. The van der Waals surface area contributed by atoms with Crippen LogP contribution in [0.2, 0.25) is 0 Å². The van der Waals surface area contributed by atoms with Crippen molar-refractivity contribution in [3.63, 3.8) is 0 Å². The lowest BCUT2D eigenvalue weighted by molar-refractivity contribution is -0.136. The summed E-state index contributed by atoms with van der Waals surface area (Å²) in [6, 6.07) is 9.80. The highest BCUT2D eigenvalue weighted by Gasteiger charge is 2.39. The van der Waals surface area contributed by atoms with Crippen molar-refractivity contribution >= 4 is 27.0 Å². The molecule has 0 radical (unpaired) electrons. The standard InChI is InChI=1S/C22H26N4O5S/c1-4-31-16-6-8-17(9-7-16)32(29,30)25-12-14(2)20(13-25)26-22-18(10-5-15(3)23-22)19(24-26)11-21(27)28/h5-10,14,20H,4,11-13H2,1-3H3,(H,27,28)/t14-,20+/m1/s1. The first kappa shape index (κ1) is 22.2. The third-order valence-corrected chi connectivity index (χ3v) is 7.56. The van der Waals surface area contributed by atoms with E-state index < -0.39 is 16.0 Å². The van der Waals surface area contributed by atoms with Crippen molar-refractivity contribution in [1.29, 1.82) is 0 Å². The molecule has 0 unspecified atom stereocenters. The average molecular weight is 459 g/mol. The monoisotopic (exact) mass is 458 g/mol. The van der Waals surface area contributed by atoms with Gasteiger partial charge in [0.25, 0.3) is 0 Å². The zero-order valence-electron chi connectivity index (χ0n) is 18.2. The summed E-state index contributed by atoms with van der Waals surface area (Å²) in [5.74, 6) is -0.388. The molecule has 1 N–H and O–H groups in total. The van der Waals surface area contributed by atoms with E-state index in [1.807, 2.05) is 32.9 Å². The second-order valence-electron chi connectivity index (χ2n) is 8.06. The normalized spacial score (nSPS) is 19.5. The second-order valence-corrected chi connectivity index (χ2v) is 9.99. The molecule has 0 spiro atoms. The van der Waals surface area contributed by atoms with Crippen molar-refractivity contribution in [2.75, 3.05) is 19.7 Å². The minimum absolute atomic E-state index is 0.0319. The molecule has 0 amide bonds. The number of nitrogens with zero attached hydrogens (tertiary/aromatic N) is 4. The van der Waals surface area contributed by atoms with Gasteiger partial charge in [0.2, 0.25) is 10.0 Å². The number of aliphatic carboxylic acids is 1. The number of carbonyl (C=O) groups is 1. The van der Waals surface area contributed by atoms with Gasteiger partial charge >= 0.3 is 5.97 Å². The molecule has 1 fully saturated rings. The SMILES string of the molecule is CCOc1ccc(S(=O)(=O)N2C[C@@H](C)[C@@H](n3nc(CC(=O)O)c4ccc(C)nc43)C2)cc1. The highest BCUT2D eigenvalue weighted by molar-refractivity contribution is 7.89. The topological polar surface area (TPSA) is 115 Å². The molecule has 1 aliphatic heterocycles. The Balaban J connectivity index is 1.66. The first-order valence-corrected chi connectivity index (χ1v) is 11.9. The third kappa shape index (κ3) is 4.07. The number of ether oxygens (including phenoxy) is 1. The predicted octanol–water partition coefficient (Wildman–Crippen LogP) is 2.65. The summed E-state index contributed by atoms with van der Waals surface area (Å²) in [6.45, 7) is 6.77. The molecule has 1 aromatic carbocycles. The molecule has 9 nitrogen and oxygen atoms in total. The Morgan fingerprint density at radius 3 is 2.56 bits per heavy atom. The van der Waals surface area contributed by atoms with Crippen molar-refractivity contribution in [2.24, 2.45) is 5.92 Å². The van der Waals surface area contributed by atoms with E-state index in [2.05, 4.69) is 10.1 Å². The summed E-state index contributed by atoms with van der Waals surface area (Å²) in [7, 11) is -3.70. The van der Waals surface area contributed by atoms with Gasteiger partial charge in [0.15, 0.2) is 5.65 Å². The van der Waals surface area contributed by atoms with E-state index in [1.165, 1.54) is 4.31 Å². The Morgan fingerprint density at radius 2 is 1.91 bits per heavy atom. The van der Waals surface area contributed by atoms with Gasteiger partial charge in [0.05, 0.1) is 29.7 Å². The van der Waals surface area contributed by atoms with Crippen LogP contribution in [0.4, 0.5) is 0 Å². The van der Waals surface area contributed by atoms with E-state index in [0.717, 1.165) is 5.69 Å². The summed E-state index contributed by atoms with van der Waals surface area (Å²) in [5.41, 5.74) is 1.79. The van der Waals surface area contributed by atoms with E-state index >= 15 is 0 Å². The molecule has 3 aromatic rings. The number of fused-ring (bicyclic) bond motifs is 1. The third-order valence-electron chi connectivity index (χ3n) is 5.72. The van der Waals surface area contributed by atoms with Crippen LogP contribution in [-0.2, 0) is 21.2 Å². The van der Waals surface area contributed by atoms with E-state index in [4.69, 9.17) is 4.74 Å². The Hall–Kier alpha value is -2.98. The van der Waals surface area contributed by atoms with Crippen LogP contribution < -0.4 is 4.74 Å². The van der Waals surface area contributed by atoms with Crippen LogP contribution >= 0.6 is 0 Å². The number of sulfonamides is 1. The number of rotatable bonds is 7. The number of aromatic nitrogens is 3. The highest BCUT2D eigenvalue weighted by atomic mass is 32.2. The fraction of sp³-hybridized carbons (Fsp3) is 0.409. The van der Waals surface area contributed by atoms with Crippen LogP contribution in [0.15, 0.2) is 41.3 Å². The van der Waals surface area contributed by atoms with Crippen LogP contribution in [0.3, 0.4) is 0 Å².